The molecule has 0 heterocycles. The van der Waals surface area contributed by atoms with E-state index in [-0.39, 0.29) is 5.91 Å². The summed E-state index contributed by atoms with van der Waals surface area (Å²) in [5, 5.41) is 2.83. The van der Waals surface area contributed by atoms with Gasteiger partial charge in [-0.05, 0) is 42.4 Å². The molecule has 2 aromatic carbocycles. The number of carbonyl (C=O) groups excluding carboxylic acids is 1. The second kappa shape index (κ2) is 7.57. The summed E-state index contributed by atoms with van der Waals surface area (Å²) >= 11 is 0. The van der Waals surface area contributed by atoms with Crippen molar-refractivity contribution in [2.45, 2.75) is 13.1 Å². The number of hydrogen-bond donors (Lipinski definition) is 1. The van der Waals surface area contributed by atoms with Crippen LogP contribution in [0.2, 0.25) is 0 Å². The molecule has 0 aromatic heterocycles. The molecule has 0 unspecified atom stereocenters. The van der Waals surface area contributed by atoms with Crippen LogP contribution in [0.15, 0.2) is 61.2 Å². The van der Waals surface area contributed by atoms with Crippen molar-refractivity contribution in [3.05, 3.63) is 72.3 Å². The van der Waals surface area contributed by atoms with E-state index in [1.165, 1.54) is 11.6 Å². The average Bonchev–Trinajstić information content (AvgIpc) is 2.53. The van der Waals surface area contributed by atoms with Gasteiger partial charge in [0.05, 0.1) is 0 Å². The van der Waals surface area contributed by atoms with E-state index in [4.69, 9.17) is 0 Å². The highest BCUT2D eigenvalue weighted by atomic mass is 16.1. The van der Waals surface area contributed by atoms with Gasteiger partial charge in [-0.1, -0.05) is 55.1 Å². The van der Waals surface area contributed by atoms with Gasteiger partial charge >= 0.3 is 0 Å². The molecule has 2 aromatic rings. The van der Waals surface area contributed by atoms with Crippen LogP contribution in [0.25, 0.3) is 11.1 Å². The van der Waals surface area contributed by atoms with E-state index in [0.29, 0.717) is 6.54 Å². The molecule has 22 heavy (non-hydrogen) atoms. The minimum Gasteiger partial charge on any atom is -0.348 e. The molecule has 0 aliphatic rings. The maximum Gasteiger partial charge on any atom is 0.243 e. The predicted molar refractivity (Wildman–Crippen MR) is 91.3 cm³/mol. The lowest BCUT2D eigenvalue weighted by Gasteiger charge is -2.12. The molecule has 1 amide bonds. The molecule has 3 nitrogen and oxygen atoms in total. The van der Waals surface area contributed by atoms with Crippen molar-refractivity contribution >= 4 is 5.91 Å². The average molecular weight is 294 g/mol. The summed E-state index contributed by atoms with van der Waals surface area (Å²) in [6.07, 6.45) is 1.29. The predicted octanol–water partition coefficient (Wildman–Crippen LogP) is 3.22. The summed E-state index contributed by atoms with van der Waals surface area (Å²) in [5.41, 5.74) is 4.68. The van der Waals surface area contributed by atoms with Gasteiger partial charge in [-0.15, -0.1) is 0 Å². The highest BCUT2D eigenvalue weighted by molar-refractivity contribution is 5.87. The van der Waals surface area contributed by atoms with Crippen molar-refractivity contribution < 1.29 is 4.79 Å². The highest BCUT2D eigenvalue weighted by Crippen LogP contribution is 2.24. The fourth-order valence-corrected chi connectivity index (χ4v) is 2.37. The standard InChI is InChI=1S/C19H22N2O/c1-4-19(22)20-13-17-7-5-6-8-18(17)16-11-9-15(10-12-16)14-21(2)3/h4-12H,1,13-14H2,2-3H3,(H,20,22). The molecule has 2 rings (SSSR count). The highest BCUT2D eigenvalue weighted by Gasteiger charge is 2.06. The molecule has 0 aliphatic heterocycles. The van der Waals surface area contributed by atoms with E-state index in [0.717, 1.165) is 23.2 Å². The topological polar surface area (TPSA) is 32.3 Å². The first-order valence-electron chi connectivity index (χ1n) is 7.32. The molecule has 0 aliphatic carbocycles. The SMILES string of the molecule is C=CC(=O)NCc1ccccc1-c1ccc(CN(C)C)cc1. The maximum atomic E-state index is 11.3. The Hall–Kier alpha value is -2.39. The first kappa shape index (κ1) is 16.0. The Morgan fingerprint density at radius 3 is 2.45 bits per heavy atom. The Bertz CT molecular complexity index is 645. The molecular formula is C19H22N2O. The van der Waals surface area contributed by atoms with E-state index in [1.54, 1.807) is 0 Å². The third-order valence-electron chi connectivity index (χ3n) is 3.42. The fourth-order valence-electron chi connectivity index (χ4n) is 2.37. The lowest BCUT2D eigenvalue weighted by atomic mass is 9.98. The van der Waals surface area contributed by atoms with Crippen molar-refractivity contribution in [1.29, 1.82) is 0 Å². The summed E-state index contributed by atoms with van der Waals surface area (Å²) < 4.78 is 0. The maximum absolute atomic E-state index is 11.3. The number of nitrogens with zero attached hydrogens (tertiary/aromatic N) is 1. The first-order chi connectivity index (χ1) is 10.6. The van der Waals surface area contributed by atoms with Crippen molar-refractivity contribution in [1.82, 2.24) is 10.2 Å². The summed E-state index contributed by atoms with van der Waals surface area (Å²) in [5.74, 6) is -0.156. The molecule has 114 valence electrons. The summed E-state index contributed by atoms with van der Waals surface area (Å²) in [4.78, 5) is 13.5. The van der Waals surface area contributed by atoms with Gasteiger partial charge in [-0.2, -0.15) is 0 Å². The first-order valence-corrected chi connectivity index (χ1v) is 7.32. The van der Waals surface area contributed by atoms with Crippen LogP contribution in [0.5, 0.6) is 0 Å². The van der Waals surface area contributed by atoms with Gasteiger partial charge in [-0.25, -0.2) is 0 Å². The third kappa shape index (κ3) is 4.30. The summed E-state index contributed by atoms with van der Waals surface area (Å²) in [7, 11) is 4.12. The van der Waals surface area contributed by atoms with Crippen LogP contribution in [0, 0.1) is 0 Å². The number of nitrogens with one attached hydrogen (secondary N) is 1. The van der Waals surface area contributed by atoms with Gasteiger partial charge in [0.25, 0.3) is 0 Å². The van der Waals surface area contributed by atoms with E-state index >= 15 is 0 Å². The number of rotatable bonds is 6. The van der Waals surface area contributed by atoms with Crippen LogP contribution in [-0.2, 0) is 17.9 Å². The van der Waals surface area contributed by atoms with Gasteiger partial charge in [0, 0.05) is 13.1 Å². The van der Waals surface area contributed by atoms with Gasteiger partial charge in [0.15, 0.2) is 0 Å². The Morgan fingerprint density at radius 1 is 1.14 bits per heavy atom. The van der Waals surface area contributed by atoms with Crippen LogP contribution in [-0.4, -0.2) is 24.9 Å². The van der Waals surface area contributed by atoms with Crippen molar-refractivity contribution in [2.75, 3.05) is 14.1 Å². The normalized spacial score (nSPS) is 10.5. The zero-order chi connectivity index (χ0) is 15.9. The van der Waals surface area contributed by atoms with E-state index in [2.05, 4.69) is 61.2 Å². The van der Waals surface area contributed by atoms with Crippen molar-refractivity contribution in [2.24, 2.45) is 0 Å². The number of carbonyl (C=O) groups is 1. The molecule has 1 N–H and O–H groups in total. The lowest BCUT2D eigenvalue weighted by Crippen LogP contribution is -2.20. The van der Waals surface area contributed by atoms with Crippen molar-refractivity contribution in [3.63, 3.8) is 0 Å². The lowest BCUT2D eigenvalue weighted by molar-refractivity contribution is -0.116. The fraction of sp³-hybridized carbons (Fsp3) is 0.211. The molecule has 0 fully saturated rings. The van der Waals surface area contributed by atoms with Gasteiger partial charge < -0.3 is 10.2 Å². The van der Waals surface area contributed by atoms with E-state index < -0.39 is 0 Å². The van der Waals surface area contributed by atoms with Crippen LogP contribution in [0.1, 0.15) is 11.1 Å². The number of benzene rings is 2. The third-order valence-corrected chi connectivity index (χ3v) is 3.42. The zero-order valence-corrected chi connectivity index (χ0v) is 13.2. The second-order valence-electron chi connectivity index (χ2n) is 5.51. The number of hydrogen-bond acceptors (Lipinski definition) is 2. The van der Waals surface area contributed by atoms with Crippen LogP contribution >= 0.6 is 0 Å². The van der Waals surface area contributed by atoms with Gasteiger partial charge in [-0.3, -0.25) is 4.79 Å². The summed E-state index contributed by atoms with van der Waals surface area (Å²) in [6.45, 7) is 4.90. The monoisotopic (exact) mass is 294 g/mol. The quantitative estimate of drug-likeness (QED) is 0.830. The smallest absolute Gasteiger partial charge is 0.243 e. The molecule has 0 radical (unpaired) electrons. The van der Waals surface area contributed by atoms with Crippen LogP contribution < -0.4 is 5.32 Å². The van der Waals surface area contributed by atoms with Gasteiger partial charge in [0.2, 0.25) is 5.91 Å². The van der Waals surface area contributed by atoms with E-state index in [1.807, 2.05) is 18.2 Å². The zero-order valence-electron chi connectivity index (χ0n) is 13.2. The second-order valence-corrected chi connectivity index (χ2v) is 5.51. The Morgan fingerprint density at radius 2 is 1.82 bits per heavy atom. The molecule has 3 heteroatoms. The van der Waals surface area contributed by atoms with Crippen LogP contribution in [0.4, 0.5) is 0 Å². The molecule has 0 spiro atoms. The van der Waals surface area contributed by atoms with Crippen molar-refractivity contribution in [3.8, 4) is 11.1 Å². The molecular weight excluding hydrogens is 272 g/mol. The van der Waals surface area contributed by atoms with Crippen LogP contribution in [0.3, 0.4) is 0 Å². The van der Waals surface area contributed by atoms with E-state index in [9.17, 15) is 4.79 Å². The summed E-state index contributed by atoms with van der Waals surface area (Å²) in [6, 6.07) is 16.7. The molecule has 0 saturated heterocycles. The molecule has 0 atom stereocenters. The largest absolute Gasteiger partial charge is 0.348 e. The molecule has 0 bridgehead atoms. The molecule has 0 saturated carbocycles. The Labute approximate surface area is 132 Å². The minimum absolute atomic E-state index is 0.156. The Balaban J connectivity index is 2.21. The number of amides is 1. The van der Waals surface area contributed by atoms with Gasteiger partial charge in [0.1, 0.15) is 0 Å². The Kier molecular flexibility index (Phi) is 5.50. The minimum atomic E-state index is -0.156.